The summed E-state index contributed by atoms with van der Waals surface area (Å²) >= 11 is 10.4. The first-order valence-corrected chi connectivity index (χ1v) is 7.55. The van der Waals surface area contributed by atoms with E-state index in [4.69, 9.17) is 11.6 Å². The van der Waals surface area contributed by atoms with Crippen LogP contribution in [0.4, 0.5) is 5.69 Å². The second kappa shape index (κ2) is 6.36. The van der Waals surface area contributed by atoms with Crippen LogP contribution >= 0.6 is 38.9 Å². The Morgan fingerprint density at radius 2 is 1.94 bits per heavy atom. The molecule has 0 saturated carbocycles. The molecule has 18 heavy (non-hydrogen) atoms. The number of rotatable bonds is 4. The van der Waals surface area contributed by atoms with Crippen LogP contribution in [0.15, 0.2) is 40.2 Å². The fraction of sp³-hybridized carbons (Fsp3) is 0.154. The molecule has 0 atom stereocenters. The molecule has 2 aromatic rings. The third-order valence-electron chi connectivity index (χ3n) is 2.39. The Bertz CT molecular complexity index is 538. The van der Waals surface area contributed by atoms with Gasteiger partial charge in [-0.3, -0.25) is 4.79 Å². The monoisotopic (exact) mass is 343 g/mol. The van der Waals surface area contributed by atoms with Gasteiger partial charge < -0.3 is 5.32 Å². The van der Waals surface area contributed by atoms with Crippen LogP contribution < -0.4 is 5.32 Å². The minimum absolute atomic E-state index is 0.0872. The van der Waals surface area contributed by atoms with Crippen molar-refractivity contribution in [1.82, 2.24) is 0 Å². The minimum atomic E-state index is -0.0872. The number of thiophene rings is 1. The fourth-order valence-corrected chi connectivity index (χ4v) is 2.99. The van der Waals surface area contributed by atoms with Crippen molar-refractivity contribution in [2.45, 2.75) is 6.42 Å². The number of benzene rings is 1. The van der Waals surface area contributed by atoms with Crippen molar-refractivity contribution in [3.05, 3.63) is 50.6 Å². The number of amides is 1. The fourth-order valence-electron chi connectivity index (χ4n) is 1.49. The van der Waals surface area contributed by atoms with E-state index in [1.807, 2.05) is 30.3 Å². The van der Waals surface area contributed by atoms with Gasteiger partial charge in [0.05, 0.1) is 8.66 Å². The molecule has 2 rings (SSSR count). The third kappa shape index (κ3) is 3.57. The van der Waals surface area contributed by atoms with E-state index in [2.05, 4.69) is 21.2 Å². The zero-order valence-electron chi connectivity index (χ0n) is 9.45. The van der Waals surface area contributed by atoms with Crippen molar-refractivity contribution in [2.24, 2.45) is 0 Å². The van der Waals surface area contributed by atoms with Crippen LogP contribution in [0.5, 0.6) is 0 Å². The summed E-state index contributed by atoms with van der Waals surface area (Å²) in [6.45, 7) is 0. The van der Waals surface area contributed by atoms with Crippen LogP contribution in [0.1, 0.15) is 15.2 Å². The van der Waals surface area contributed by atoms with Crippen LogP contribution in [-0.2, 0) is 6.42 Å². The standard InChI is InChI=1S/C13H11BrClNOS/c14-12-6-5-11(18-12)13(17)16-10-3-1-9(2-4-10)7-8-15/h1-6H,7-8H2,(H,16,17). The second-order valence-electron chi connectivity index (χ2n) is 3.69. The normalized spacial score (nSPS) is 10.3. The maximum Gasteiger partial charge on any atom is 0.265 e. The van der Waals surface area contributed by atoms with E-state index >= 15 is 0 Å². The largest absolute Gasteiger partial charge is 0.321 e. The molecular weight excluding hydrogens is 334 g/mol. The number of nitrogens with one attached hydrogen (secondary N) is 1. The average molecular weight is 345 g/mol. The molecular formula is C13H11BrClNOS. The number of carbonyl (C=O) groups is 1. The zero-order valence-corrected chi connectivity index (χ0v) is 12.6. The summed E-state index contributed by atoms with van der Waals surface area (Å²) in [6.07, 6.45) is 0.841. The minimum Gasteiger partial charge on any atom is -0.321 e. The van der Waals surface area contributed by atoms with Gasteiger partial charge in [-0.25, -0.2) is 0 Å². The molecule has 0 aliphatic rings. The van der Waals surface area contributed by atoms with Gasteiger partial charge >= 0.3 is 0 Å². The predicted octanol–water partition coefficient (Wildman–Crippen LogP) is 4.54. The first-order chi connectivity index (χ1) is 8.69. The van der Waals surface area contributed by atoms with E-state index in [-0.39, 0.29) is 5.91 Å². The summed E-state index contributed by atoms with van der Waals surface area (Å²) in [5.74, 6) is 0.519. The van der Waals surface area contributed by atoms with Crippen molar-refractivity contribution in [2.75, 3.05) is 11.2 Å². The summed E-state index contributed by atoms with van der Waals surface area (Å²) in [7, 11) is 0. The number of hydrogen-bond acceptors (Lipinski definition) is 2. The second-order valence-corrected chi connectivity index (χ2v) is 6.53. The lowest BCUT2D eigenvalue weighted by Gasteiger charge is -2.04. The number of alkyl halides is 1. The Kier molecular flexibility index (Phi) is 4.80. The highest BCUT2D eigenvalue weighted by Crippen LogP contribution is 2.23. The molecule has 0 spiro atoms. The third-order valence-corrected chi connectivity index (χ3v) is 4.20. The van der Waals surface area contributed by atoms with Gasteiger partial charge in [0.1, 0.15) is 0 Å². The highest BCUT2D eigenvalue weighted by molar-refractivity contribution is 9.11. The van der Waals surface area contributed by atoms with E-state index in [1.54, 1.807) is 6.07 Å². The highest BCUT2D eigenvalue weighted by atomic mass is 79.9. The summed E-state index contributed by atoms with van der Waals surface area (Å²) in [5.41, 5.74) is 1.96. The van der Waals surface area contributed by atoms with E-state index in [0.717, 1.165) is 15.9 Å². The molecule has 5 heteroatoms. The SMILES string of the molecule is O=C(Nc1ccc(CCCl)cc1)c1ccc(Br)s1. The summed E-state index contributed by atoms with van der Waals surface area (Å²) < 4.78 is 0.949. The molecule has 1 amide bonds. The Labute approximate surface area is 123 Å². The summed E-state index contributed by atoms with van der Waals surface area (Å²) in [5, 5.41) is 2.86. The van der Waals surface area contributed by atoms with Gasteiger partial charge in [0.25, 0.3) is 5.91 Å². The summed E-state index contributed by atoms with van der Waals surface area (Å²) in [4.78, 5) is 12.6. The van der Waals surface area contributed by atoms with Crippen LogP contribution in [0, 0.1) is 0 Å². The lowest BCUT2D eigenvalue weighted by atomic mass is 10.1. The number of halogens is 2. The molecule has 0 aliphatic carbocycles. The molecule has 2 nitrogen and oxygen atoms in total. The van der Waals surface area contributed by atoms with Gasteiger partial charge in [-0.2, -0.15) is 0 Å². The van der Waals surface area contributed by atoms with Gasteiger partial charge in [0, 0.05) is 11.6 Å². The van der Waals surface area contributed by atoms with Crippen LogP contribution in [-0.4, -0.2) is 11.8 Å². The number of hydrogen-bond donors (Lipinski definition) is 1. The van der Waals surface area contributed by atoms with Crippen LogP contribution in [0.25, 0.3) is 0 Å². The Morgan fingerprint density at radius 1 is 1.22 bits per heavy atom. The van der Waals surface area contributed by atoms with E-state index in [9.17, 15) is 4.79 Å². The summed E-state index contributed by atoms with van der Waals surface area (Å²) in [6, 6.07) is 11.4. The van der Waals surface area contributed by atoms with E-state index in [1.165, 1.54) is 16.9 Å². The molecule has 94 valence electrons. The van der Waals surface area contributed by atoms with Crippen LogP contribution in [0.3, 0.4) is 0 Å². The Hall–Kier alpha value is -0.840. The maximum absolute atomic E-state index is 11.9. The molecule has 0 fully saturated rings. The van der Waals surface area contributed by atoms with Crippen molar-refractivity contribution >= 4 is 50.5 Å². The van der Waals surface area contributed by atoms with Crippen molar-refractivity contribution < 1.29 is 4.79 Å². The smallest absolute Gasteiger partial charge is 0.265 e. The highest BCUT2D eigenvalue weighted by Gasteiger charge is 2.08. The molecule has 0 radical (unpaired) electrons. The van der Waals surface area contributed by atoms with Gasteiger partial charge in [-0.1, -0.05) is 12.1 Å². The van der Waals surface area contributed by atoms with E-state index < -0.39 is 0 Å². The Morgan fingerprint density at radius 3 is 2.50 bits per heavy atom. The van der Waals surface area contributed by atoms with Gasteiger partial charge in [0.15, 0.2) is 0 Å². The Balaban J connectivity index is 2.03. The number of aryl methyl sites for hydroxylation is 1. The quantitative estimate of drug-likeness (QED) is 0.810. The lowest BCUT2D eigenvalue weighted by molar-refractivity contribution is 0.103. The molecule has 0 aliphatic heterocycles. The van der Waals surface area contributed by atoms with Crippen molar-refractivity contribution in [3.63, 3.8) is 0 Å². The molecule has 0 bridgehead atoms. The molecule has 0 unspecified atom stereocenters. The first kappa shape index (κ1) is 13.6. The average Bonchev–Trinajstić information content (AvgIpc) is 2.79. The van der Waals surface area contributed by atoms with Gasteiger partial charge in [0.2, 0.25) is 0 Å². The molecule has 1 aromatic heterocycles. The first-order valence-electron chi connectivity index (χ1n) is 5.40. The number of carbonyl (C=O) groups excluding carboxylic acids is 1. The zero-order chi connectivity index (χ0) is 13.0. The lowest BCUT2D eigenvalue weighted by Crippen LogP contribution is -2.09. The maximum atomic E-state index is 11.9. The topological polar surface area (TPSA) is 29.1 Å². The van der Waals surface area contributed by atoms with Crippen molar-refractivity contribution in [3.8, 4) is 0 Å². The predicted molar refractivity (Wildman–Crippen MR) is 80.8 cm³/mol. The molecule has 1 aromatic carbocycles. The molecule has 1 N–H and O–H groups in total. The molecule has 1 heterocycles. The van der Waals surface area contributed by atoms with E-state index in [0.29, 0.717) is 10.8 Å². The number of anilines is 1. The van der Waals surface area contributed by atoms with Crippen LogP contribution in [0.2, 0.25) is 0 Å². The van der Waals surface area contributed by atoms with Gasteiger partial charge in [-0.15, -0.1) is 22.9 Å². The van der Waals surface area contributed by atoms with Crippen molar-refractivity contribution in [1.29, 1.82) is 0 Å². The van der Waals surface area contributed by atoms with Gasteiger partial charge in [-0.05, 0) is 52.2 Å². The molecule has 0 saturated heterocycles.